The molecule has 1 aliphatic rings. The van der Waals surface area contributed by atoms with Crippen molar-refractivity contribution in [2.45, 2.75) is 18.6 Å². The maximum Gasteiger partial charge on any atom is 0.416 e. The summed E-state index contributed by atoms with van der Waals surface area (Å²) >= 11 is 5.88. The van der Waals surface area contributed by atoms with Gasteiger partial charge in [0.1, 0.15) is 5.75 Å². The average molecular weight is 428 g/mol. The van der Waals surface area contributed by atoms with Gasteiger partial charge in [0.15, 0.2) is 0 Å². The van der Waals surface area contributed by atoms with Crippen molar-refractivity contribution in [2.75, 3.05) is 23.9 Å². The van der Waals surface area contributed by atoms with Crippen molar-refractivity contribution in [3.8, 4) is 5.75 Å². The van der Waals surface area contributed by atoms with Gasteiger partial charge in [-0.15, -0.1) is 0 Å². The molecule has 1 aliphatic heterocycles. The van der Waals surface area contributed by atoms with Crippen molar-refractivity contribution in [2.24, 2.45) is 0 Å². The van der Waals surface area contributed by atoms with Crippen molar-refractivity contribution >= 4 is 34.9 Å². The van der Waals surface area contributed by atoms with E-state index in [1.54, 1.807) is 24.3 Å². The maximum absolute atomic E-state index is 12.8. The SMILES string of the molecule is COc1ccc(N2CC(NC(=O)Nc3cc(C(F)(F)F)ccc3Cl)CC2=O)cc1. The molecule has 0 radical (unpaired) electrons. The minimum absolute atomic E-state index is 0.0319. The first-order valence-corrected chi connectivity index (χ1v) is 8.94. The van der Waals surface area contributed by atoms with E-state index >= 15 is 0 Å². The number of hydrogen-bond donors (Lipinski definition) is 2. The van der Waals surface area contributed by atoms with E-state index in [9.17, 15) is 22.8 Å². The van der Waals surface area contributed by atoms with Crippen LogP contribution >= 0.6 is 11.6 Å². The highest BCUT2D eigenvalue weighted by Crippen LogP contribution is 2.33. The standard InChI is InChI=1S/C19H17ClF3N3O3/c1-29-14-5-3-13(4-6-14)26-10-12(9-17(26)27)24-18(28)25-16-8-11(19(21,22)23)2-7-15(16)20/h2-8,12H,9-10H2,1H3,(H2,24,25,28). The van der Waals surface area contributed by atoms with Crippen LogP contribution in [0.3, 0.4) is 0 Å². The molecular formula is C19H17ClF3N3O3. The van der Waals surface area contributed by atoms with Crippen LogP contribution in [0.15, 0.2) is 42.5 Å². The van der Waals surface area contributed by atoms with Gasteiger partial charge in [-0.1, -0.05) is 11.6 Å². The number of nitrogens with one attached hydrogen (secondary N) is 2. The quantitative estimate of drug-likeness (QED) is 0.764. The molecule has 29 heavy (non-hydrogen) atoms. The Morgan fingerprint density at radius 1 is 1.21 bits per heavy atom. The summed E-state index contributed by atoms with van der Waals surface area (Å²) < 4.78 is 43.6. The van der Waals surface area contributed by atoms with Gasteiger partial charge >= 0.3 is 12.2 Å². The zero-order chi connectivity index (χ0) is 21.2. The molecule has 6 nitrogen and oxygen atoms in total. The number of nitrogens with zero attached hydrogens (tertiary/aromatic N) is 1. The molecule has 0 saturated carbocycles. The second kappa shape index (κ2) is 8.20. The van der Waals surface area contributed by atoms with Crippen LogP contribution in [0, 0.1) is 0 Å². The van der Waals surface area contributed by atoms with E-state index < -0.39 is 23.8 Å². The molecule has 154 valence electrons. The van der Waals surface area contributed by atoms with E-state index in [2.05, 4.69) is 10.6 Å². The zero-order valence-electron chi connectivity index (χ0n) is 15.2. The fraction of sp³-hybridized carbons (Fsp3) is 0.263. The molecule has 1 unspecified atom stereocenters. The lowest BCUT2D eigenvalue weighted by atomic mass is 10.2. The van der Waals surface area contributed by atoms with Crippen LogP contribution in [0.25, 0.3) is 0 Å². The Bertz CT molecular complexity index is 919. The second-order valence-corrected chi connectivity index (χ2v) is 6.80. The number of urea groups is 1. The van der Waals surface area contributed by atoms with Crippen molar-refractivity contribution in [3.05, 3.63) is 53.1 Å². The molecule has 2 aromatic carbocycles. The molecule has 1 fully saturated rings. The van der Waals surface area contributed by atoms with Gasteiger partial charge in [0.25, 0.3) is 0 Å². The third kappa shape index (κ3) is 4.92. The Morgan fingerprint density at radius 3 is 2.52 bits per heavy atom. The number of amides is 3. The van der Waals surface area contributed by atoms with Crippen LogP contribution in [0.4, 0.5) is 29.3 Å². The van der Waals surface area contributed by atoms with Gasteiger partial charge < -0.3 is 20.3 Å². The Hall–Kier alpha value is -2.94. The lowest BCUT2D eigenvalue weighted by Gasteiger charge is -2.18. The number of halogens is 4. The van der Waals surface area contributed by atoms with Crippen LogP contribution < -0.4 is 20.3 Å². The number of methoxy groups -OCH3 is 1. The first-order chi connectivity index (χ1) is 13.7. The number of carbonyl (C=O) groups excluding carboxylic acids is 2. The first-order valence-electron chi connectivity index (χ1n) is 8.56. The summed E-state index contributed by atoms with van der Waals surface area (Å²) in [5, 5.41) is 4.86. The summed E-state index contributed by atoms with van der Waals surface area (Å²) in [5.41, 5.74) is -0.448. The van der Waals surface area contributed by atoms with Gasteiger partial charge in [0.2, 0.25) is 5.91 Å². The molecule has 1 saturated heterocycles. The molecule has 3 amide bonds. The molecule has 2 aromatic rings. The van der Waals surface area contributed by atoms with Gasteiger partial charge in [-0.3, -0.25) is 4.79 Å². The van der Waals surface area contributed by atoms with E-state index in [0.717, 1.165) is 18.2 Å². The lowest BCUT2D eigenvalue weighted by Crippen LogP contribution is -2.39. The highest BCUT2D eigenvalue weighted by atomic mass is 35.5. The Balaban J connectivity index is 1.64. The zero-order valence-corrected chi connectivity index (χ0v) is 16.0. The van der Waals surface area contributed by atoms with Gasteiger partial charge in [0, 0.05) is 18.7 Å². The predicted octanol–water partition coefficient (Wildman–Crippen LogP) is 4.29. The van der Waals surface area contributed by atoms with E-state index in [4.69, 9.17) is 16.3 Å². The minimum Gasteiger partial charge on any atom is -0.497 e. The van der Waals surface area contributed by atoms with Crippen molar-refractivity contribution in [3.63, 3.8) is 0 Å². The minimum atomic E-state index is -4.56. The van der Waals surface area contributed by atoms with Gasteiger partial charge in [0.05, 0.1) is 29.4 Å². The smallest absolute Gasteiger partial charge is 0.416 e. The largest absolute Gasteiger partial charge is 0.497 e. The van der Waals surface area contributed by atoms with E-state index in [0.29, 0.717) is 11.4 Å². The van der Waals surface area contributed by atoms with Gasteiger partial charge in [-0.25, -0.2) is 4.79 Å². The number of benzene rings is 2. The monoisotopic (exact) mass is 427 g/mol. The number of anilines is 2. The number of carbonyl (C=O) groups is 2. The summed E-state index contributed by atoms with van der Waals surface area (Å²) in [6, 6.07) is 8.26. The van der Waals surface area contributed by atoms with Crippen LogP contribution in [0.2, 0.25) is 5.02 Å². The van der Waals surface area contributed by atoms with Crippen molar-refractivity contribution in [1.82, 2.24) is 5.32 Å². The number of hydrogen-bond acceptors (Lipinski definition) is 3. The molecule has 1 heterocycles. The highest BCUT2D eigenvalue weighted by Gasteiger charge is 2.33. The third-order valence-electron chi connectivity index (χ3n) is 4.39. The normalized spacial score (nSPS) is 16.7. The molecule has 3 rings (SSSR count). The Morgan fingerprint density at radius 2 is 1.90 bits per heavy atom. The molecule has 0 spiro atoms. The molecule has 0 aliphatic carbocycles. The molecular weight excluding hydrogens is 411 g/mol. The summed E-state index contributed by atoms with van der Waals surface area (Å²) in [5.74, 6) is 0.463. The molecule has 1 atom stereocenters. The summed E-state index contributed by atoms with van der Waals surface area (Å²) in [6.07, 6.45) is -4.50. The van der Waals surface area contributed by atoms with E-state index in [1.807, 2.05) is 0 Å². The fourth-order valence-corrected chi connectivity index (χ4v) is 3.12. The molecule has 10 heteroatoms. The number of rotatable bonds is 4. The third-order valence-corrected chi connectivity index (χ3v) is 4.72. The summed E-state index contributed by atoms with van der Waals surface area (Å²) in [7, 11) is 1.53. The van der Waals surface area contributed by atoms with Crippen LogP contribution in [-0.4, -0.2) is 31.6 Å². The van der Waals surface area contributed by atoms with Crippen molar-refractivity contribution in [1.29, 1.82) is 0 Å². The predicted molar refractivity (Wildman–Crippen MR) is 102 cm³/mol. The summed E-state index contributed by atoms with van der Waals surface area (Å²) in [4.78, 5) is 26.0. The second-order valence-electron chi connectivity index (χ2n) is 6.39. The fourth-order valence-electron chi connectivity index (χ4n) is 2.96. The van der Waals surface area contributed by atoms with E-state index in [1.165, 1.54) is 12.0 Å². The maximum atomic E-state index is 12.8. The first kappa shape index (κ1) is 20.8. The molecule has 0 bridgehead atoms. The van der Waals surface area contributed by atoms with Crippen LogP contribution in [-0.2, 0) is 11.0 Å². The van der Waals surface area contributed by atoms with Crippen LogP contribution in [0.1, 0.15) is 12.0 Å². The summed E-state index contributed by atoms with van der Waals surface area (Å²) in [6.45, 7) is 0.231. The topological polar surface area (TPSA) is 70.7 Å². The van der Waals surface area contributed by atoms with Crippen LogP contribution in [0.5, 0.6) is 5.75 Å². The number of alkyl halides is 3. The lowest BCUT2D eigenvalue weighted by molar-refractivity contribution is -0.137. The van der Waals surface area contributed by atoms with Crippen molar-refractivity contribution < 1.29 is 27.5 Å². The molecule has 0 aromatic heterocycles. The van der Waals surface area contributed by atoms with E-state index in [-0.39, 0.29) is 29.6 Å². The average Bonchev–Trinajstić information content (AvgIpc) is 3.02. The Kier molecular flexibility index (Phi) is 5.88. The number of ether oxygens (including phenoxy) is 1. The van der Waals surface area contributed by atoms with Gasteiger partial charge in [-0.05, 0) is 42.5 Å². The molecule has 2 N–H and O–H groups in total. The highest BCUT2D eigenvalue weighted by molar-refractivity contribution is 6.33. The van der Waals surface area contributed by atoms with Gasteiger partial charge in [-0.2, -0.15) is 13.2 Å². The Labute approximate surface area is 169 Å².